The zero-order chi connectivity index (χ0) is 16.9. The molecule has 1 atom stereocenters. The molecule has 0 aliphatic rings. The fraction of sp³-hybridized carbons (Fsp3) is 0.0952. The van der Waals surface area contributed by atoms with Crippen LogP contribution in [0.25, 0.3) is 10.6 Å². The molecule has 0 bridgehead atoms. The maximum Gasteiger partial charge on any atom is 0.147 e. The van der Waals surface area contributed by atoms with Crippen LogP contribution in [0.3, 0.4) is 0 Å². The number of hydrogen-bond donors (Lipinski definition) is 1. The minimum atomic E-state index is 0.322. The van der Waals surface area contributed by atoms with Crippen LogP contribution in [0.4, 0.5) is 0 Å². The van der Waals surface area contributed by atoms with E-state index in [0.29, 0.717) is 6.04 Å². The number of thiophene rings is 1. The summed E-state index contributed by atoms with van der Waals surface area (Å²) in [6.07, 6.45) is 0. The normalized spacial score (nSPS) is 12.2. The molecule has 0 aliphatic heterocycles. The van der Waals surface area contributed by atoms with Gasteiger partial charge in [0.2, 0.25) is 0 Å². The van der Waals surface area contributed by atoms with Gasteiger partial charge in [-0.05, 0) is 11.4 Å². The van der Waals surface area contributed by atoms with E-state index in [2.05, 4.69) is 82.8 Å². The minimum absolute atomic E-state index is 0.322. The molecule has 4 aromatic rings. The quantitative estimate of drug-likeness (QED) is 0.527. The first kappa shape index (κ1) is 16.2. The molecule has 0 unspecified atom stereocenters. The van der Waals surface area contributed by atoms with Crippen molar-refractivity contribution < 1.29 is 5.32 Å². The second kappa shape index (κ2) is 7.74. The highest BCUT2D eigenvalue weighted by Gasteiger charge is 2.19. The molecule has 4 rings (SSSR count). The first-order valence-electron chi connectivity index (χ1n) is 8.31. The molecule has 2 aromatic heterocycles. The molecule has 2 N–H and O–H groups in total. The third-order valence-electron chi connectivity index (χ3n) is 4.14. The Balaban J connectivity index is 1.51. The molecule has 0 saturated heterocycles. The number of aromatic nitrogens is 1. The van der Waals surface area contributed by atoms with Crippen LogP contribution in [0.5, 0.6) is 0 Å². The highest BCUT2D eigenvalue weighted by atomic mass is 32.1. The molecule has 2 heterocycles. The summed E-state index contributed by atoms with van der Waals surface area (Å²) in [7, 11) is 0. The molecule has 2 aromatic carbocycles. The SMILES string of the molecule is c1ccc(-c2nc(C[NH2+][C@@H](c3ccccc3)c3cccs3)cs2)cc1. The van der Waals surface area contributed by atoms with E-state index < -0.39 is 0 Å². The van der Waals surface area contributed by atoms with Gasteiger partial charge in [-0.25, -0.2) is 4.98 Å². The average molecular weight is 364 g/mol. The Labute approximate surface area is 155 Å². The van der Waals surface area contributed by atoms with Gasteiger partial charge in [0.05, 0.1) is 4.88 Å². The number of nitrogens with two attached hydrogens (primary N) is 1. The summed E-state index contributed by atoms with van der Waals surface area (Å²) in [4.78, 5) is 6.20. The van der Waals surface area contributed by atoms with Crippen molar-refractivity contribution in [2.45, 2.75) is 12.6 Å². The van der Waals surface area contributed by atoms with Crippen LogP contribution in [0.1, 0.15) is 22.2 Å². The topological polar surface area (TPSA) is 29.5 Å². The molecule has 0 spiro atoms. The first-order valence-corrected chi connectivity index (χ1v) is 10.1. The van der Waals surface area contributed by atoms with Crippen molar-refractivity contribution in [3.05, 3.63) is 99.7 Å². The van der Waals surface area contributed by atoms with Crippen LogP contribution in [-0.4, -0.2) is 4.98 Å². The maximum atomic E-state index is 4.82. The second-order valence-corrected chi connectivity index (χ2v) is 7.69. The lowest BCUT2D eigenvalue weighted by molar-refractivity contribution is -0.702. The largest absolute Gasteiger partial charge is 0.331 e. The number of quaternary nitrogens is 1. The van der Waals surface area contributed by atoms with E-state index in [1.54, 1.807) is 11.3 Å². The van der Waals surface area contributed by atoms with Crippen LogP contribution in [0.15, 0.2) is 83.6 Å². The van der Waals surface area contributed by atoms with Crippen LogP contribution >= 0.6 is 22.7 Å². The van der Waals surface area contributed by atoms with Crippen molar-refractivity contribution in [3.63, 3.8) is 0 Å². The van der Waals surface area contributed by atoms with Crippen molar-refractivity contribution in [2.24, 2.45) is 0 Å². The smallest absolute Gasteiger partial charge is 0.147 e. The van der Waals surface area contributed by atoms with Crippen molar-refractivity contribution >= 4 is 22.7 Å². The lowest BCUT2D eigenvalue weighted by Crippen LogP contribution is -2.83. The molecule has 2 nitrogen and oxygen atoms in total. The molecule has 0 amide bonds. The second-order valence-electron chi connectivity index (χ2n) is 5.85. The molecule has 124 valence electrons. The summed E-state index contributed by atoms with van der Waals surface area (Å²) in [5.41, 5.74) is 3.67. The van der Waals surface area contributed by atoms with Crippen molar-refractivity contribution in [1.82, 2.24) is 4.98 Å². The van der Waals surface area contributed by atoms with Gasteiger partial charge in [0.25, 0.3) is 0 Å². The third kappa shape index (κ3) is 3.87. The molecule has 0 aliphatic carbocycles. The van der Waals surface area contributed by atoms with E-state index in [4.69, 9.17) is 4.98 Å². The van der Waals surface area contributed by atoms with Crippen LogP contribution < -0.4 is 5.32 Å². The van der Waals surface area contributed by atoms with Gasteiger partial charge in [-0.1, -0.05) is 66.7 Å². The van der Waals surface area contributed by atoms with Gasteiger partial charge in [0.15, 0.2) is 0 Å². The molecule has 4 heteroatoms. The van der Waals surface area contributed by atoms with E-state index in [1.807, 2.05) is 17.4 Å². The monoisotopic (exact) mass is 363 g/mol. The predicted octanol–water partition coefficient (Wildman–Crippen LogP) is 4.72. The predicted molar refractivity (Wildman–Crippen MR) is 106 cm³/mol. The fourth-order valence-electron chi connectivity index (χ4n) is 2.90. The number of hydrogen-bond acceptors (Lipinski definition) is 3. The number of thiazole rings is 1. The molecule has 0 radical (unpaired) electrons. The number of rotatable bonds is 6. The van der Waals surface area contributed by atoms with Gasteiger partial charge in [-0.3, -0.25) is 0 Å². The Morgan fingerprint density at radius 1 is 0.840 bits per heavy atom. The molecular weight excluding hydrogens is 344 g/mol. The lowest BCUT2D eigenvalue weighted by atomic mass is 10.1. The van der Waals surface area contributed by atoms with Gasteiger partial charge in [-0.2, -0.15) is 0 Å². The van der Waals surface area contributed by atoms with Crippen molar-refractivity contribution in [2.75, 3.05) is 0 Å². The summed E-state index contributed by atoms with van der Waals surface area (Å²) >= 11 is 3.53. The summed E-state index contributed by atoms with van der Waals surface area (Å²) in [6.45, 7) is 0.876. The highest BCUT2D eigenvalue weighted by Crippen LogP contribution is 2.24. The summed E-state index contributed by atoms with van der Waals surface area (Å²) in [5.74, 6) is 0. The van der Waals surface area contributed by atoms with Gasteiger partial charge in [0.1, 0.15) is 23.3 Å². The van der Waals surface area contributed by atoms with Gasteiger partial charge >= 0.3 is 0 Å². The standard InChI is InChI=1S/C21H18N2S2/c1-3-8-16(9-4-1)20(19-12-7-13-24-19)22-14-18-15-25-21(23-18)17-10-5-2-6-11-17/h1-13,15,20,22H,14H2/p+1/t20-/m0/s1. The van der Waals surface area contributed by atoms with Crippen LogP contribution in [0.2, 0.25) is 0 Å². The van der Waals surface area contributed by atoms with Crippen molar-refractivity contribution in [1.29, 1.82) is 0 Å². The Morgan fingerprint density at radius 3 is 2.32 bits per heavy atom. The van der Waals surface area contributed by atoms with E-state index >= 15 is 0 Å². The minimum Gasteiger partial charge on any atom is -0.331 e. The first-order chi connectivity index (χ1) is 12.4. The fourth-order valence-corrected chi connectivity index (χ4v) is 4.59. The van der Waals surface area contributed by atoms with Crippen LogP contribution in [0, 0.1) is 0 Å². The third-order valence-corrected chi connectivity index (χ3v) is 6.04. The molecular formula is C21H19N2S2+. The zero-order valence-electron chi connectivity index (χ0n) is 13.7. The summed E-state index contributed by atoms with van der Waals surface area (Å²) < 4.78 is 0. The van der Waals surface area contributed by atoms with Gasteiger partial charge in [-0.15, -0.1) is 22.7 Å². The van der Waals surface area contributed by atoms with Crippen molar-refractivity contribution in [3.8, 4) is 10.6 Å². The highest BCUT2D eigenvalue weighted by molar-refractivity contribution is 7.13. The van der Waals surface area contributed by atoms with Gasteiger partial charge < -0.3 is 5.32 Å². The Kier molecular flexibility index (Phi) is 5.02. The number of nitrogens with zero attached hydrogens (tertiary/aromatic N) is 1. The van der Waals surface area contributed by atoms with Gasteiger partial charge in [0, 0.05) is 16.5 Å². The Bertz CT molecular complexity index is 900. The Hall–Kier alpha value is -2.27. The van der Waals surface area contributed by atoms with E-state index in [9.17, 15) is 0 Å². The maximum absolute atomic E-state index is 4.82. The molecule has 25 heavy (non-hydrogen) atoms. The zero-order valence-corrected chi connectivity index (χ0v) is 15.3. The lowest BCUT2D eigenvalue weighted by Gasteiger charge is -2.14. The van der Waals surface area contributed by atoms with E-state index in [0.717, 1.165) is 17.2 Å². The molecule has 0 saturated carbocycles. The Morgan fingerprint density at radius 2 is 1.60 bits per heavy atom. The molecule has 0 fully saturated rings. The van der Waals surface area contributed by atoms with E-state index in [1.165, 1.54) is 16.0 Å². The van der Waals surface area contributed by atoms with Crippen LogP contribution in [-0.2, 0) is 6.54 Å². The number of benzene rings is 2. The summed E-state index contributed by atoms with van der Waals surface area (Å²) in [6, 6.07) is 25.8. The van der Waals surface area contributed by atoms with E-state index in [-0.39, 0.29) is 0 Å². The summed E-state index contributed by atoms with van der Waals surface area (Å²) in [5, 5.41) is 7.80. The average Bonchev–Trinajstić information content (AvgIpc) is 3.36.